The molecule has 2 atom stereocenters. The molecule has 1 saturated heterocycles. The van der Waals surface area contributed by atoms with Gasteiger partial charge in [-0.3, -0.25) is 4.98 Å². The Labute approximate surface area is 108 Å². The van der Waals surface area contributed by atoms with Crippen LogP contribution in [0.25, 0.3) is 0 Å². The highest BCUT2D eigenvalue weighted by Gasteiger charge is 2.34. The number of ether oxygens (including phenoxy) is 1. The highest BCUT2D eigenvalue weighted by Crippen LogP contribution is 2.31. The maximum absolute atomic E-state index is 5.88. The summed E-state index contributed by atoms with van der Waals surface area (Å²) in [5.41, 5.74) is 0. The van der Waals surface area contributed by atoms with Gasteiger partial charge in [-0.1, -0.05) is 12.8 Å². The van der Waals surface area contributed by atoms with E-state index in [2.05, 4.69) is 20.2 Å². The van der Waals surface area contributed by atoms with Gasteiger partial charge in [0.15, 0.2) is 0 Å². The minimum atomic E-state index is 0.382. The van der Waals surface area contributed by atoms with Crippen molar-refractivity contribution in [2.45, 2.75) is 37.8 Å². The van der Waals surface area contributed by atoms with Gasteiger partial charge in [-0.2, -0.15) is 0 Å². The van der Waals surface area contributed by atoms with Gasteiger partial charge in [0.25, 0.3) is 0 Å². The molecule has 1 aromatic heterocycles. The molecule has 1 N–H and O–H groups in total. The molecule has 2 aliphatic rings. The molecular weight excluding hydrogens is 228 g/mol. The zero-order valence-corrected chi connectivity index (χ0v) is 10.8. The first-order chi connectivity index (χ1) is 8.88. The van der Waals surface area contributed by atoms with Gasteiger partial charge in [-0.25, -0.2) is 4.98 Å². The predicted octanol–water partition coefficient (Wildman–Crippen LogP) is 1.67. The van der Waals surface area contributed by atoms with E-state index in [1.165, 1.54) is 25.7 Å². The van der Waals surface area contributed by atoms with Crippen molar-refractivity contribution < 1.29 is 4.74 Å². The highest BCUT2D eigenvalue weighted by molar-refractivity contribution is 5.45. The van der Waals surface area contributed by atoms with Crippen molar-refractivity contribution in [1.29, 1.82) is 0 Å². The largest absolute Gasteiger partial charge is 0.374 e. The fraction of sp³-hybridized carbons (Fsp3) is 0.692. The number of hydrogen-bond donors (Lipinski definition) is 1. The number of rotatable bonds is 2. The van der Waals surface area contributed by atoms with Gasteiger partial charge in [-0.05, 0) is 12.8 Å². The first-order valence-corrected chi connectivity index (χ1v) is 6.76. The number of nitrogens with zero attached hydrogens (tertiary/aromatic N) is 3. The molecule has 2 fully saturated rings. The van der Waals surface area contributed by atoms with Crippen LogP contribution in [0, 0.1) is 0 Å². The van der Waals surface area contributed by atoms with Gasteiger partial charge in [-0.15, -0.1) is 0 Å². The number of nitrogens with one attached hydrogen (secondary N) is 1. The van der Waals surface area contributed by atoms with Gasteiger partial charge < -0.3 is 15.0 Å². The lowest BCUT2D eigenvalue weighted by Gasteiger charge is -2.44. The molecule has 18 heavy (non-hydrogen) atoms. The molecule has 1 aliphatic heterocycles. The molecule has 98 valence electrons. The van der Waals surface area contributed by atoms with Gasteiger partial charge in [0.2, 0.25) is 0 Å². The third kappa shape index (κ3) is 2.14. The van der Waals surface area contributed by atoms with Gasteiger partial charge >= 0.3 is 0 Å². The average Bonchev–Trinajstić information content (AvgIpc) is 2.47. The van der Waals surface area contributed by atoms with E-state index < -0.39 is 0 Å². The summed E-state index contributed by atoms with van der Waals surface area (Å²) in [6.07, 6.45) is 8.96. The van der Waals surface area contributed by atoms with E-state index >= 15 is 0 Å². The van der Waals surface area contributed by atoms with Crippen LogP contribution < -0.4 is 10.2 Å². The van der Waals surface area contributed by atoms with Crippen molar-refractivity contribution >= 4 is 11.6 Å². The van der Waals surface area contributed by atoms with Gasteiger partial charge in [0.05, 0.1) is 31.1 Å². The zero-order valence-electron chi connectivity index (χ0n) is 10.8. The fourth-order valence-electron chi connectivity index (χ4n) is 3.00. The monoisotopic (exact) mass is 248 g/mol. The van der Waals surface area contributed by atoms with Crippen molar-refractivity contribution in [3.05, 3.63) is 12.4 Å². The van der Waals surface area contributed by atoms with Crippen molar-refractivity contribution in [3.63, 3.8) is 0 Å². The molecule has 5 nitrogen and oxygen atoms in total. The number of anilines is 2. The van der Waals surface area contributed by atoms with Gasteiger partial charge in [0.1, 0.15) is 11.6 Å². The molecule has 1 saturated carbocycles. The Morgan fingerprint density at radius 2 is 2.22 bits per heavy atom. The Morgan fingerprint density at radius 1 is 1.33 bits per heavy atom. The van der Waals surface area contributed by atoms with Crippen LogP contribution in [0.5, 0.6) is 0 Å². The van der Waals surface area contributed by atoms with Crippen LogP contribution in [0.15, 0.2) is 12.4 Å². The number of fused-ring (bicyclic) bond motifs is 1. The van der Waals surface area contributed by atoms with Crippen LogP contribution in [0.2, 0.25) is 0 Å². The summed E-state index contributed by atoms with van der Waals surface area (Å²) in [7, 11) is 1.87. The van der Waals surface area contributed by atoms with E-state index in [-0.39, 0.29) is 0 Å². The van der Waals surface area contributed by atoms with E-state index in [1.807, 2.05) is 13.2 Å². The summed E-state index contributed by atoms with van der Waals surface area (Å²) in [5.74, 6) is 1.80. The molecule has 0 radical (unpaired) electrons. The molecule has 1 aliphatic carbocycles. The van der Waals surface area contributed by atoms with E-state index in [4.69, 9.17) is 4.74 Å². The molecular formula is C13H20N4O. The third-order valence-corrected chi connectivity index (χ3v) is 3.90. The minimum Gasteiger partial charge on any atom is -0.374 e. The number of hydrogen-bond acceptors (Lipinski definition) is 5. The topological polar surface area (TPSA) is 50.3 Å². The molecule has 1 aromatic rings. The van der Waals surface area contributed by atoms with Crippen LogP contribution >= 0.6 is 0 Å². The van der Waals surface area contributed by atoms with E-state index in [0.29, 0.717) is 12.1 Å². The minimum absolute atomic E-state index is 0.382. The van der Waals surface area contributed by atoms with E-state index in [9.17, 15) is 0 Å². The van der Waals surface area contributed by atoms with Crippen molar-refractivity contribution in [3.8, 4) is 0 Å². The van der Waals surface area contributed by atoms with Crippen molar-refractivity contribution in [2.24, 2.45) is 0 Å². The Bertz CT molecular complexity index is 410. The summed E-state index contributed by atoms with van der Waals surface area (Å²) >= 11 is 0. The Kier molecular flexibility index (Phi) is 3.32. The lowest BCUT2D eigenvalue weighted by Crippen LogP contribution is -2.53. The summed E-state index contributed by atoms with van der Waals surface area (Å²) in [6.45, 7) is 1.72. The zero-order chi connectivity index (χ0) is 12.4. The average molecular weight is 248 g/mol. The maximum atomic E-state index is 5.88. The first kappa shape index (κ1) is 11.7. The SMILES string of the molecule is CNc1cncc(N2CCOC3CCCCC32)n1. The Morgan fingerprint density at radius 3 is 3.11 bits per heavy atom. The molecule has 3 rings (SSSR count). The van der Waals surface area contributed by atoms with E-state index in [0.717, 1.165) is 24.8 Å². The standard InChI is InChI=1S/C13H20N4O/c1-14-12-8-15-9-13(16-12)17-6-7-18-11-5-3-2-4-10(11)17/h8-11H,2-7H2,1H3,(H,14,16). The molecule has 5 heteroatoms. The Hall–Kier alpha value is -1.36. The molecule has 0 spiro atoms. The summed E-state index contributed by atoms with van der Waals surface area (Å²) < 4.78 is 5.88. The van der Waals surface area contributed by atoms with Gasteiger partial charge in [0, 0.05) is 13.6 Å². The smallest absolute Gasteiger partial charge is 0.149 e. The Balaban J connectivity index is 1.84. The van der Waals surface area contributed by atoms with Crippen LogP contribution in [0.3, 0.4) is 0 Å². The second-order valence-electron chi connectivity index (χ2n) is 4.97. The maximum Gasteiger partial charge on any atom is 0.149 e. The predicted molar refractivity (Wildman–Crippen MR) is 70.9 cm³/mol. The van der Waals surface area contributed by atoms with Crippen molar-refractivity contribution in [2.75, 3.05) is 30.4 Å². The van der Waals surface area contributed by atoms with Crippen LogP contribution in [-0.4, -0.2) is 42.3 Å². The fourth-order valence-corrected chi connectivity index (χ4v) is 3.00. The molecule has 0 amide bonds. The number of aromatic nitrogens is 2. The lowest BCUT2D eigenvalue weighted by atomic mass is 9.90. The third-order valence-electron chi connectivity index (χ3n) is 3.90. The van der Waals surface area contributed by atoms with E-state index in [1.54, 1.807) is 6.20 Å². The summed E-state index contributed by atoms with van der Waals surface area (Å²) in [5, 5.41) is 3.05. The molecule has 2 heterocycles. The summed E-state index contributed by atoms with van der Waals surface area (Å²) in [4.78, 5) is 11.2. The lowest BCUT2D eigenvalue weighted by molar-refractivity contribution is -0.00900. The summed E-state index contributed by atoms with van der Waals surface area (Å²) in [6, 6.07) is 0.480. The second kappa shape index (κ2) is 5.10. The van der Waals surface area contributed by atoms with Crippen molar-refractivity contribution in [1.82, 2.24) is 9.97 Å². The number of morpholine rings is 1. The molecule has 2 unspecified atom stereocenters. The van der Waals surface area contributed by atoms with Crippen LogP contribution in [-0.2, 0) is 4.74 Å². The molecule has 0 bridgehead atoms. The quantitative estimate of drug-likeness (QED) is 0.862. The normalized spacial score (nSPS) is 27.7. The molecule has 0 aromatic carbocycles. The second-order valence-corrected chi connectivity index (χ2v) is 4.97. The first-order valence-electron chi connectivity index (χ1n) is 6.76. The highest BCUT2D eigenvalue weighted by atomic mass is 16.5. The van der Waals surface area contributed by atoms with Crippen LogP contribution in [0.4, 0.5) is 11.6 Å². The van der Waals surface area contributed by atoms with Crippen LogP contribution in [0.1, 0.15) is 25.7 Å².